The highest BCUT2D eigenvalue weighted by Crippen LogP contribution is 2.41. The van der Waals surface area contributed by atoms with Crippen LogP contribution in [-0.4, -0.2) is 24.0 Å². The third kappa shape index (κ3) is 3.44. The van der Waals surface area contributed by atoms with Gasteiger partial charge in [0.15, 0.2) is 5.78 Å². The maximum atomic E-state index is 12.4. The molecule has 3 rings (SSSR count). The molecule has 1 aliphatic rings. The lowest BCUT2D eigenvalue weighted by atomic mass is 10.0. The summed E-state index contributed by atoms with van der Waals surface area (Å²) in [6.07, 6.45) is 1.30. The van der Waals surface area contributed by atoms with E-state index in [1.807, 2.05) is 0 Å². The molecule has 0 atom stereocenters. The van der Waals surface area contributed by atoms with E-state index >= 15 is 0 Å². The molecule has 124 valence electrons. The molecular weight excluding hydrogens is 328 g/mol. The quantitative estimate of drug-likeness (QED) is 0.586. The summed E-state index contributed by atoms with van der Waals surface area (Å²) in [6.45, 7) is 2.10. The van der Waals surface area contributed by atoms with Gasteiger partial charge >= 0.3 is 5.97 Å². The van der Waals surface area contributed by atoms with Crippen molar-refractivity contribution in [3.63, 3.8) is 0 Å². The maximum Gasteiger partial charge on any atom is 0.350 e. The lowest BCUT2D eigenvalue weighted by Gasteiger charge is -2.16. The minimum Gasteiger partial charge on any atom is -0.476 e. The minimum absolute atomic E-state index is 0.115. The van der Waals surface area contributed by atoms with Crippen molar-refractivity contribution in [2.45, 2.75) is 25.4 Å². The fourth-order valence-electron chi connectivity index (χ4n) is 2.42. The van der Waals surface area contributed by atoms with Crippen LogP contribution in [0.4, 0.5) is 0 Å². The molecule has 0 heterocycles. The van der Waals surface area contributed by atoms with E-state index in [2.05, 4.69) is 0 Å². The average molecular weight is 345 g/mol. The van der Waals surface area contributed by atoms with Gasteiger partial charge in [0, 0.05) is 29.0 Å². The van der Waals surface area contributed by atoms with Gasteiger partial charge in [-0.25, -0.2) is 4.79 Å². The Morgan fingerprint density at radius 3 is 2.38 bits per heavy atom. The number of hydrogen-bond acceptors (Lipinski definition) is 4. The molecule has 4 nitrogen and oxygen atoms in total. The number of esters is 1. The highest BCUT2D eigenvalue weighted by molar-refractivity contribution is 6.31. The van der Waals surface area contributed by atoms with E-state index in [1.165, 1.54) is 0 Å². The molecule has 1 fully saturated rings. The van der Waals surface area contributed by atoms with E-state index in [-0.39, 0.29) is 11.8 Å². The fourth-order valence-corrected chi connectivity index (χ4v) is 2.61. The normalized spacial score (nSPS) is 14.8. The monoisotopic (exact) mass is 344 g/mol. The number of ketones is 1. The Labute approximate surface area is 145 Å². The van der Waals surface area contributed by atoms with E-state index in [0.717, 1.165) is 0 Å². The Balaban J connectivity index is 1.72. The molecular formula is C19H17ClO4. The zero-order valence-electron chi connectivity index (χ0n) is 13.3. The first kappa shape index (κ1) is 16.5. The van der Waals surface area contributed by atoms with E-state index in [4.69, 9.17) is 21.1 Å². The molecule has 1 saturated carbocycles. The second-order valence-corrected chi connectivity index (χ2v) is 6.12. The van der Waals surface area contributed by atoms with Gasteiger partial charge in [0.1, 0.15) is 5.75 Å². The summed E-state index contributed by atoms with van der Waals surface area (Å²) < 4.78 is 10.8. The van der Waals surface area contributed by atoms with Crippen LogP contribution in [-0.2, 0) is 9.53 Å². The number of halogens is 1. The third-order valence-corrected chi connectivity index (χ3v) is 4.10. The van der Waals surface area contributed by atoms with Crippen LogP contribution in [0.3, 0.4) is 0 Å². The van der Waals surface area contributed by atoms with Crippen molar-refractivity contribution in [1.29, 1.82) is 0 Å². The Bertz CT molecular complexity index is 763. The van der Waals surface area contributed by atoms with Gasteiger partial charge in [0.05, 0.1) is 6.61 Å². The van der Waals surface area contributed by atoms with Crippen LogP contribution < -0.4 is 4.74 Å². The maximum absolute atomic E-state index is 12.4. The van der Waals surface area contributed by atoms with E-state index < -0.39 is 5.60 Å². The number of carbonyl (C=O) groups excluding carboxylic acids is 2. The summed E-state index contributed by atoms with van der Waals surface area (Å²) in [5, 5.41) is 0.519. The van der Waals surface area contributed by atoms with Crippen molar-refractivity contribution in [2.75, 3.05) is 6.61 Å². The van der Waals surface area contributed by atoms with Gasteiger partial charge < -0.3 is 9.47 Å². The summed E-state index contributed by atoms with van der Waals surface area (Å²) >= 11 is 5.92. The van der Waals surface area contributed by atoms with Crippen molar-refractivity contribution in [3.8, 4) is 5.75 Å². The number of benzene rings is 2. The van der Waals surface area contributed by atoms with Gasteiger partial charge in [0.2, 0.25) is 5.60 Å². The number of ether oxygens (including phenoxy) is 2. The molecule has 0 aliphatic heterocycles. The van der Waals surface area contributed by atoms with Crippen molar-refractivity contribution in [1.82, 2.24) is 0 Å². The van der Waals surface area contributed by atoms with Gasteiger partial charge in [-0.2, -0.15) is 0 Å². The van der Waals surface area contributed by atoms with Crippen LogP contribution in [0.1, 0.15) is 35.7 Å². The van der Waals surface area contributed by atoms with Gasteiger partial charge in [0.25, 0.3) is 0 Å². The van der Waals surface area contributed by atoms with Crippen molar-refractivity contribution in [2.24, 2.45) is 0 Å². The Morgan fingerprint density at radius 2 is 1.79 bits per heavy atom. The van der Waals surface area contributed by atoms with Gasteiger partial charge in [-0.15, -0.1) is 0 Å². The first-order valence-electron chi connectivity index (χ1n) is 7.81. The molecule has 5 heteroatoms. The molecule has 0 amide bonds. The standard InChI is InChI=1S/C19H17ClO4/c1-2-23-18(22)19(10-11-19)24-16-8-6-13(7-9-16)17(21)14-4-3-5-15(20)12-14/h3-9,12H,2,10-11H2,1H3. The van der Waals surface area contributed by atoms with Crippen LogP contribution in [0.25, 0.3) is 0 Å². The second-order valence-electron chi connectivity index (χ2n) is 5.68. The Morgan fingerprint density at radius 1 is 1.08 bits per heavy atom. The van der Waals surface area contributed by atoms with Gasteiger partial charge in [-0.1, -0.05) is 23.7 Å². The van der Waals surface area contributed by atoms with E-state index in [1.54, 1.807) is 55.5 Å². The Kier molecular flexibility index (Phi) is 4.58. The highest BCUT2D eigenvalue weighted by atomic mass is 35.5. The summed E-state index contributed by atoms with van der Waals surface area (Å²) in [5.74, 6) is 0.0999. The SMILES string of the molecule is CCOC(=O)C1(Oc2ccc(C(=O)c3cccc(Cl)c3)cc2)CC1. The minimum atomic E-state index is -0.853. The summed E-state index contributed by atoms with van der Waals surface area (Å²) in [7, 11) is 0. The average Bonchev–Trinajstić information content (AvgIpc) is 3.36. The van der Waals surface area contributed by atoms with Crippen LogP contribution in [0.2, 0.25) is 5.02 Å². The zero-order chi connectivity index (χ0) is 17.2. The summed E-state index contributed by atoms with van der Waals surface area (Å²) in [4.78, 5) is 24.3. The number of rotatable bonds is 6. The predicted octanol–water partition coefficient (Wildman–Crippen LogP) is 4.05. The number of hydrogen-bond donors (Lipinski definition) is 0. The summed E-state index contributed by atoms with van der Waals surface area (Å²) in [5.41, 5.74) is 0.209. The topological polar surface area (TPSA) is 52.6 Å². The third-order valence-electron chi connectivity index (χ3n) is 3.87. The van der Waals surface area contributed by atoms with Crippen molar-refractivity contribution >= 4 is 23.4 Å². The smallest absolute Gasteiger partial charge is 0.350 e. The molecule has 2 aromatic rings. The largest absolute Gasteiger partial charge is 0.476 e. The lowest BCUT2D eigenvalue weighted by Crippen LogP contribution is -2.31. The second kappa shape index (κ2) is 6.65. The lowest BCUT2D eigenvalue weighted by molar-refractivity contribution is -0.153. The van der Waals surface area contributed by atoms with Crippen LogP contribution >= 0.6 is 11.6 Å². The molecule has 2 aromatic carbocycles. The van der Waals surface area contributed by atoms with Crippen LogP contribution in [0.15, 0.2) is 48.5 Å². The molecule has 0 unspecified atom stereocenters. The summed E-state index contributed by atoms with van der Waals surface area (Å²) in [6, 6.07) is 13.6. The number of carbonyl (C=O) groups is 2. The molecule has 0 saturated heterocycles. The fraction of sp³-hybridized carbons (Fsp3) is 0.263. The van der Waals surface area contributed by atoms with Gasteiger partial charge in [-0.05, 0) is 43.3 Å². The van der Waals surface area contributed by atoms with E-state index in [9.17, 15) is 9.59 Å². The zero-order valence-corrected chi connectivity index (χ0v) is 14.0. The molecule has 1 aliphatic carbocycles. The molecule has 0 N–H and O–H groups in total. The predicted molar refractivity (Wildman–Crippen MR) is 90.6 cm³/mol. The van der Waals surface area contributed by atoms with Gasteiger partial charge in [-0.3, -0.25) is 4.79 Å². The van der Waals surface area contributed by atoms with Crippen LogP contribution in [0, 0.1) is 0 Å². The first-order valence-corrected chi connectivity index (χ1v) is 8.18. The first-order chi connectivity index (χ1) is 11.5. The molecule has 0 spiro atoms. The van der Waals surface area contributed by atoms with E-state index in [0.29, 0.717) is 41.3 Å². The molecule has 0 aromatic heterocycles. The molecule has 0 radical (unpaired) electrons. The molecule has 0 bridgehead atoms. The molecule has 24 heavy (non-hydrogen) atoms. The van der Waals surface area contributed by atoms with Crippen molar-refractivity contribution < 1.29 is 19.1 Å². The Hall–Kier alpha value is -2.33. The van der Waals surface area contributed by atoms with Crippen LogP contribution in [0.5, 0.6) is 5.75 Å². The van der Waals surface area contributed by atoms with Crippen molar-refractivity contribution in [3.05, 3.63) is 64.7 Å². The highest BCUT2D eigenvalue weighted by Gasteiger charge is 2.54.